The number of aryl methyl sites for hydroxylation is 1. The second kappa shape index (κ2) is 10.4. The number of hydrogen-bond donors (Lipinski definition) is 3. The van der Waals surface area contributed by atoms with Crippen LogP contribution >= 0.6 is 0 Å². The Morgan fingerprint density at radius 3 is 2.71 bits per heavy atom. The van der Waals surface area contributed by atoms with E-state index in [0.717, 1.165) is 18.4 Å². The highest BCUT2D eigenvalue weighted by molar-refractivity contribution is 5.97. The van der Waals surface area contributed by atoms with Crippen LogP contribution in [0.15, 0.2) is 36.5 Å². The number of benzene rings is 1. The third-order valence-electron chi connectivity index (χ3n) is 4.87. The molecule has 1 fully saturated rings. The molecule has 0 bridgehead atoms. The molecule has 31 heavy (non-hydrogen) atoms. The summed E-state index contributed by atoms with van der Waals surface area (Å²) in [5, 5.41) is 8.06. The molecule has 3 N–H and O–H groups in total. The van der Waals surface area contributed by atoms with Crippen LogP contribution in [0.3, 0.4) is 0 Å². The minimum Gasteiger partial charge on any atom is -0.495 e. The van der Waals surface area contributed by atoms with Gasteiger partial charge in [-0.15, -0.1) is 0 Å². The molecule has 1 saturated heterocycles. The van der Waals surface area contributed by atoms with Gasteiger partial charge in [0.05, 0.1) is 12.8 Å². The molecular formula is C22H27N5O4. The normalized spacial score (nSPS) is 13.5. The highest BCUT2D eigenvalue weighted by Crippen LogP contribution is 2.33. The van der Waals surface area contributed by atoms with E-state index in [2.05, 4.69) is 20.9 Å². The zero-order valence-electron chi connectivity index (χ0n) is 17.7. The second-order valence-electron chi connectivity index (χ2n) is 7.29. The number of carbonyl (C=O) groups excluding carboxylic acids is 3. The zero-order chi connectivity index (χ0) is 22.2. The Labute approximate surface area is 181 Å². The molecule has 0 spiro atoms. The first kappa shape index (κ1) is 22.1. The maximum Gasteiger partial charge on any atom is 0.319 e. The van der Waals surface area contributed by atoms with Crippen molar-refractivity contribution in [2.24, 2.45) is 0 Å². The number of urea groups is 1. The lowest BCUT2D eigenvalue weighted by atomic mass is 10.1. The van der Waals surface area contributed by atoms with Gasteiger partial charge in [-0.2, -0.15) is 0 Å². The molecule has 4 amide bonds. The highest BCUT2D eigenvalue weighted by Gasteiger charge is 2.23. The largest absolute Gasteiger partial charge is 0.495 e. The van der Waals surface area contributed by atoms with Crippen molar-refractivity contribution >= 4 is 35.0 Å². The van der Waals surface area contributed by atoms with E-state index in [4.69, 9.17) is 4.74 Å². The predicted molar refractivity (Wildman–Crippen MR) is 118 cm³/mol. The Morgan fingerprint density at radius 1 is 1.16 bits per heavy atom. The lowest BCUT2D eigenvalue weighted by Gasteiger charge is -2.28. The molecule has 0 radical (unpaired) electrons. The van der Waals surface area contributed by atoms with Crippen LogP contribution < -0.4 is 25.6 Å². The topological polar surface area (TPSA) is 113 Å². The zero-order valence-corrected chi connectivity index (χ0v) is 17.7. The number of pyridine rings is 1. The van der Waals surface area contributed by atoms with Crippen molar-refractivity contribution in [3.05, 3.63) is 42.1 Å². The Balaban J connectivity index is 1.51. The lowest BCUT2D eigenvalue weighted by molar-refractivity contribution is -0.119. The van der Waals surface area contributed by atoms with Gasteiger partial charge >= 0.3 is 6.03 Å². The number of anilines is 3. The van der Waals surface area contributed by atoms with Gasteiger partial charge in [0.2, 0.25) is 11.8 Å². The number of amides is 4. The molecule has 0 saturated carbocycles. The number of piperidine rings is 1. The third-order valence-corrected chi connectivity index (χ3v) is 4.87. The first-order valence-electron chi connectivity index (χ1n) is 10.2. The van der Waals surface area contributed by atoms with E-state index < -0.39 is 6.03 Å². The van der Waals surface area contributed by atoms with Crippen molar-refractivity contribution in [2.75, 3.05) is 35.7 Å². The fourth-order valence-corrected chi connectivity index (χ4v) is 3.25. The number of ether oxygens (including phenoxy) is 1. The summed E-state index contributed by atoms with van der Waals surface area (Å²) in [6, 6.07) is 8.27. The van der Waals surface area contributed by atoms with Gasteiger partial charge in [0.15, 0.2) is 0 Å². The number of carbonyl (C=O) groups is 3. The minimum absolute atomic E-state index is 0.0419. The van der Waals surface area contributed by atoms with Crippen molar-refractivity contribution < 1.29 is 19.1 Å². The molecule has 1 aliphatic heterocycles. The number of nitrogens with one attached hydrogen (secondary N) is 3. The van der Waals surface area contributed by atoms with Crippen molar-refractivity contribution in [3.8, 4) is 5.75 Å². The smallest absolute Gasteiger partial charge is 0.319 e. The highest BCUT2D eigenvalue weighted by atomic mass is 16.5. The van der Waals surface area contributed by atoms with E-state index in [-0.39, 0.29) is 24.8 Å². The fraction of sp³-hybridized carbons (Fsp3) is 0.364. The predicted octanol–water partition coefficient (Wildman–Crippen LogP) is 3.07. The maximum atomic E-state index is 12.3. The number of nitrogens with zero attached hydrogens (tertiary/aromatic N) is 2. The third kappa shape index (κ3) is 6.18. The summed E-state index contributed by atoms with van der Waals surface area (Å²) in [6.45, 7) is 2.70. The van der Waals surface area contributed by atoms with Gasteiger partial charge in [0.25, 0.3) is 0 Å². The first-order valence-corrected chi connectivity index (χ1v) is 10.2. The van der Waals surface area contributed by atoms with Crippen LogP contribution in [0.2, 0.25) is 0 Å². The van der Waals surface area contributed by atoms with Crippen molar-refractivity contribution in [1.82, 2.24) is 10.3 Å². The van der Waals surface area contributed by atoms with Crippen molar-refractivity contribution in [1.29, 1.82) is 0 Å². The summed E-state index contributed by atoms with van der Waals surface area (Å²) < 4.78 is 5.38. The van der Waals surface area contributed by atoms with Crippen molar-refractivity contribution in [2.45, 2.75) is 32.6 Å². The summed E-state index contributed by atoms with van der Waals surface area (Å²) in [4.78, 5) is 42.3. The number of rotatable bonds is 7. The second-order valence-corrected chi connectivity index (χ2v) is 7.29. The van der Waals surface area contributed by atoms with Gasteiger partial charge in [0, 0.05) is 37.8 Å². The minimum atomic E-state index is -0.442. The molecule has 0 unspecified atom stereocenters. The first-order chi connectivity index (χ1) is 15.0. The van der Waals surface area contributed by atoms with Crippen LogP contribution in [0.5, 0.6) is 5.75 Å². The Bertz CT molecular complexity index is 945. The Morgan fingerprint density at radius 2 is 2.00 bits per heavy atom. The fourth-order valence-electron chi connectivity index (χ4n) is 3.25. The van der Waals surface area contributed by atoms with E-state index in [0.29, 0.717) is 35.9 Å². The molecular weight excluding hydrogens is 398 g/mol. The Hall–Kier alpha value is -3.62. The number of methoxy groups -OCH3 is 1. The molecule has 1 aromatic carbocycles. The van der Waals surface area contributed by atoms with E-state index in [1.165, 1.54) is 0 Å². The number of aromatic nitrogens is 1. The van der Waals surface area contributed by atoms with Gasteiger partial charge in [-0.25, -0.2) is 9.78 Å². The molecule has 0 atom stereocenters. The standard InChI is InChI=1S/C22H27N5O4/c1-15-6-9-19(24-14-15)26-20(28)10-11-23-22(30)25-16-7-8-18(31-2)17(13-16)27-12-4-3-5-21(27)29/h6-9,13-14H,3-5,10-12H2,1-2H3,(H2,23,25,30)(H,24,26,28). The molecule has 0 aliphatic carbocycles. The summed E-state index contributed by atoms with van der Waals surface area (Å²) in [5.41, 5.74) is 2.16. The SMILES string of the molecule is COc1ccc(NC(=O)NCCC(=O)Nc2ccc(C)cn2)cc1N1CCCCC1=O. The van der Waals surface area contributed by atoms with Crippen LogP contribution in [-0.4, -0.2) is 43.0 Å². The lowest BCUT2D eigenvalue weighted by Crippen LogP contribution is -2.35. The van der Waals surface area contributed by atoms with Gasteiger partial charge in [-0.1, -0.05) is 6.07 Å². The average molecular weight is 425 g/mol. The van der Waals surface area contributed by atoms with Crippen LogP contribution in [0.4, 0.5) is 22.0 Å². The maximum absolute atomic E-state index is 12.3. The van der Waals surface area contributed by atoms with Crippen LogP contribution in [0, 0.1) is 6.92 Å². The molecule has 2 heterocycles. The molecule has 2 aromatic rings. The van der Waals surface area contributed by atoms with Crippen LogP contribution in [0.1, 0.15) is 31.2 Å². The van der Waals surface area contributed by atoms with E-state index in [1.54, 1.807) is 42.5 Å². The monoisotopic (exact) mass is 425 g/mol. The summed E-state index contributed by atoms with van der Waals surface area (Å²) in [7, 11) is 1.55. The van der Waals surface area contributed by atoms with Gasteiger partial charge in [-0.05, 0) is 49.6 Å². The van der Waals surface area contributed by atoms with E-state index in [9.17, 15) is 14.4 Å². The van der Waals surface area contributed by atoms with Crippen LogP contribution in [-0.2, 0) is 9.59 Å². The molecule has 1 aromatic heterocycles. The van der Waals surface area contributed by atoms with E-state index in [1.807, 2.05) is 13.0 Å². The van der Waals surface area contributed by atoms with Crippen LogP contribution in [0.25, 0.3) is 0 Å². The summed E-state index contributed by atoms with van der Waals surface area (Å²) in [6.07, 6.45) is 4.08. The molecule has 1 aliphatic rings. The van der Waals surface area contributed by atoms with Gasteiger partial charge in [-0.3, -0.25) is 9.59 Å². The van der Waals surface area contributed by atoms with Crippen molar-refractivity contribution in [3.63, 3.8) is 0 Å². The molecule has 3 rings (SSSR count). The number of hydrogen-bond acceptors (Lipinski definition) is 5. The quantitative estimate of drug-likeness (QED) is 0.631. The molecule has 9 heteroatoms. The Kier molecular flexibility index (Phi) is 7.42. The van der Waals surface area contributed by atoms with Gasteiger partial charge in [0.1, 0.15) is 11.6 Å². The molecule has 9 nitrogen and oxygen atoms in total. The van der Waals surface area contributed by atoms with Gasteiger partial charge < -0.3 is 25.6 Å². The average Bonchev–Trinajstić information content (AvgIpc) is 2.75. The summed E-state index contributed by atoms with van der Waals surface area (Å²) >= 11 is 0. The molecule has 164 valence electrons. The summed E-state index contributed by atoms with van der Waals surface area (Å²) in [5.74, 6) is 0.841. The van der Waals surface area contributed by atoms with E-state index >= 15 is 0 Å².